The lowest BCUT2D eigenvalue weighted by atomic mass is 10.3. The Morgan fingerprint density at radius 2 is 1.55 bits per heavy atom. The number of rotatable bonds is 3. The first-order valence-corrected chi connectivity index (χ1v) is 7.64. The van der Waals surface area contributed by atoms with Crippen molar-refractivity contribution in [2.24, 2.45) is 10.2 Å². The average molecular weight is 356 g/mol. The lowest BCUT2D eigenvalue weighted by Gasteiger charge is -1.99. The first kappa shape index (κ1) is 14.6. The number of benzene rings is 2. The van der Waals surface area contributed by atoms with E-state index < -0.39 is 10.1 Å². The number of nitrogens with two attached hydrogens (primary N) is 1. The zero-order valence-corrected chi connectivity index (χ0v) is 12.5. The SMILES string of the molecule is Nc1ccc(N=Nc2ccc(S(=O)(=O)O)cc2)cc1Br. The van der Waals surface area contributed by atoms with Crippen molar-refractivity contribution in [2.75, 3.05) is 5.73 Å². The average Bonchev–Trinajstić information content (AvgIpc) is 2.40. The number of nitrogens with zero attached hydrogens (tertiary/aromatic N) is 2. The summed E-state index contributed by atoms with van der Waals surface area (Å²) in [6.45, 7) is 0. The van der Waals surface area contributed by atoms with Crippen molar-refractivity contribution < 1.29 is 13.0 Å². The third-order valence-electron chi connectivity index (χ3n) is 2.40. The van der Waals surface area contributed by atoms with Gasteiger partial charge in [0.2, 0.25) is 0 Å². The molecule has 0 spiro atoms. The van der Waals surface area contributed by atoms with Crippen molar-refractivity contribution in [3.8, 4) is 0 Å². The Bertz CT molecular complexity index is 758. The second kappa shape index (κ2) is 5.70. The van der Waals surface area contributed by atoms with Crippen LogP contribution in [-0.4, -0.2) is 13.0 Å². The molecule has 0 aliphatic rings. The summed E-state index contributed by atoms with van der Waals surface area (Å²) < 4.78 is 31.3. The summed E-state index contributed by atoms with van der Waals surface area (Å²) in [5.41, 5.74) is 7.32. The molecule has 0 atom stereocenters. The van der Waals surface area contributed by atoms with Gasteiger partial charge in [-0.3, -0.25) is 4.55 Å². The number of hydrogen-bond donors (Lipinski definition) is 2. The van der Waals surface area contributed by atoms with E-state index in [9.17, 15) is 8.42 Å². The Morgan fingerprint density at radius 1 is 1.00 bits per heavy atom. The minimum Gasteiger partial charge on any atom is -0.398 e. The molecule has 0 aliphatic carbocycles. The number of hydrogen-bond acceptors (Lipinski definition) is 5. The normalized spacial score (nSPS) is 11.9. The molecular weight excluding hydrogens is 346 g/mol. The summed E-state index contributed by atoms with van der Waals surface area (Å²) in [5, 5.41) is 7.96. The zero-order chi connectivity index (χ0) is 14.8. The van der Waals surface area contributed by atoms with Crippen LogP contribution < -0.4 is 5.73 Å². The predicted molar refractivity (Wildman–Crippen MR) is 79.0 cm³/mol. The van der Waals surface area contributed by atoms with E-state index in [-0.39, 0.29) is 4.90 Å². The highest BCUT2D eigenvalue weighted by atomic mass is 79.9. The van der Waals surface area contributed by atoms with Gasteiger partial charge in [0.1, 0.15) is 0 Å². The van der Waals surface area contributed by atoms with Crippen molar-refractivity contribution in [1.29, 1.82) is 0 Å². The largest absolute Gasteiger partial charge is 0.398 e. The van der Waals surface area contributed by atoms with Crippen LogP contribution in [0.15, 0.2) is 62.1 Å². The smallest absolute Gasteiger partial charge is 0.294 e. The van der Waals surface area contributed by atoms with E-state index in [1.54, 1.807) is 18.2 Å². The summed E-state index contributed by atoms with van der Waals surface area (Å²) >= 11 is 3.28. The van der Waals surface area contributed by atoms with Crippen molar-refractivity contribution in [3.63, 3.8) is 0 Å². The first-order valence-electron chi connectivity index (χ1n) is 5.40. The van der Waals surface area contributed by atoms with Gasteiger partial charge in [0.15, 0.2) is 0 Å². The van der Waals surface area contributed by atoms with Crippen LogP contribution >= 0.6 is 15.9 Å². The highest BCUT2D eigenvalue weighted by molar-refractivity contribution is 9.10. The Balaban J connectivity index is 2.21. The van der Waals surface area contributed by atoms with Crippen LogP contribution in [0.1, 0.15) is 0 Å². The molecule has 0 aromatic heterocycles. The molecular formula is C12H10BrN3O3S. The molecule has 0 amide bonds. The first-order chi connectivity index (χ1) is 9.36. The van der Waals surface area contributed by atoms with Crippen LogP contribution in [0.4, 0.5) is 17.1 Å². The van der Waals surface area contributed by atoms with Crippen molar-refractivity contribution in [1.82, 2.24) is 0 Å². The van der Waals surface area contributed by atoms with Gasteiger partial charge in [-0.25, -0.2) is 0 Å². The molecule has 20 heavy (non-hydrogen) atoms. The molecule has 3 N–H and O–H groups in total. The van der Waals surface area contributed by atoms with Gasteiger partial charge in [0, 0.05) is 10.2 Å². The third-order valence-corrected chi connectivity index (χ3v) is 3.95. The molecule has 6 nitrogen and oxygen atoms in total. The molecule has 0 radical (unpaired) electrons. The monoisotopic (exact) mass is 355 g/mol. The van der Waals surface area contributed by atoms with Gasteiger partial charge in [-0.1, -0.05) is 0 Å². The van der Waals surface area contributed by atoms with Gasteiger partial charge in [-0.05, 0) is 58.4 Å². The molecule has 0 saturated heterocycles. The van der Waals surface area contributed by atoms with E-state index in [0.717, 1.165) is 4.47 Å². The van der Waals surface area contributed by atoms with E-state index >= 15 is 0 Å². The van der Waals surface area contributed by atoms with E-state index in [1.807, 2.05) is 0 Å². The second-order valence-electron chi connectivity index (χ2n) is 3.87. The number of halogens is 1. The Kier molecular flexibility index (Phi) is 4.17. The number of nitrogen functional groups attached to an aromatic ring is 1. The van der Waals surface area contributed by atoms with E-state index in [4.69, 9.17) is 10.3 Å². The Labute approximate surface area is 124 Å². The summed E-state index contributed by atoms with van der Waals surface area (Å²) in [6, 6.07) is 10.5. The van der Waals surface area contributed by atoms with Gasteiger partial charge in [0.25, 0.3) is 10.1 Å². The topological polar surface area (TPSA) is 105 Å². The van der Waals surface area contributed by atoms with Crippen LogP contribution in [0.25, 0.3) is 0 Å². The standard InChI is InChI=1S/C12H10BrN3O3S/c13-11-7-9(3-6-12(11)14)16-15-8-1-4-10(5-2-8)20(17,18)19/h1-7H,14H2,(H,17,18,19). The van der Waals surface area contributed by atoms with Crippen LogP contribution in [0.2, 0.25) is 0 Å². The summed E-state index contributed by atoms with van der Waals surface area (Å²) in [4.78, 5) is -0.188. The van der Waals surface area contributed by atoms with Gasteiger partial charge in [-0.15, -0.1) is 0 Å². The van der Waals surface area contributed by atoms with Crippen molar-refractivity contribution >= 4 is 43.1 Å². The van der Waals surface area contributed by atoms with Gasteiger partial charge < -0.3 is 5.73 Å². The second-order valence-corrected chi connectivity index (χ2v) is 6.15. The van der Waals surface area contributed by atoms with Gasteiger partial charge in [0.05, 0.1) is 16.3 Å². The lowest BCUT2D eigenvalue weighted by Crippen LogP contribution is -1.96. The quantitative estimate of drug-likeness (QED) is 0.497. The fraction of sp³-hybridized carbons (Fsp3) is 0. The van der Waals surface area contributed by atoms with Crippen molar-refractivity contribution in [2.45, 2.75) is 4.90 Å². The maximum absolute atomic E-state index is 10.9. The van der Waals surface area contributed by atoms with Crippen LogP contribution in [-0.2, 0) is 10.1 Å². The van der Waals surface area contributed by atoms with Gasteiger partial charge >= 0.3 is 0 Å². The van der Waals surface area contributed by atoms with E-state index in [1.165, 1.54) is 24.3 Å². The maximum Gasteiger partial charge on any atom is 0.294 e. The molecule has 0 fully saturated rings. The highest BCUT2D eigenvalue weighted by Crippen LogP contribution is 2.26. The van der Waals surface area contributed by atoms with Crippen LogP contribution in [0, 0.1) is 0 Å². The molecule has 2 aromatic carbocycles. The van der Waals surface area contributed by atoms with Crippen molar-refractivity contribution in [3.05, 3.63) is 46.9 Å². The fourth-order valence-corrected chi connectivity index (χ4v) is 2.23. The molecule has 8 heteroatoms. The van der Waals surface area contributed by atoms with Crippen LogP contribution in [0.5, 0.6) is 0 Å². The third kappa shape index (κ3) is 3.62. The van der Waals surface area contributed by atoms with E-state index in [2.05, 4.69) is 26.2 Å². The molecule has 0 heterocycles. The van der Waals surface area contributed by atoms with E-state index in [0.29, 0.717) is 17.1 Å². The minimum absolute atomic E-state index is 0.188. The summed E-state index contributed by atoms with van der Waals surface area (Å²) in [6.07, 6.45) is 0. The molecule has 0 unspecified atom stereocenters. The maximum atomic E-state index is 10.9. The molecule has 2 rings (SSSR count). The minimum atomic E-state index is -4.19. The molecule has 0 bridgehead atoms. The Hall–Kier alpha value is -1.77. The zero-order valence-electron chi connectivity index (χ0n) is 10.1. The van der Waals surface area contributed by atoms with Gasteiger partial charge in [-0.2, -0.15) is 18.6 Å². The highest BCUT2D eigenvalue weighted by Gasteiger charge is 2.08. The molecule has 0 aliphatic heterocycles. The molecule has 0 saturated carbocycles. The summed E-state index contributed by atoms with van der Waals surface area (Å²) in [7, 11) is -4.19. The summed E-state index contributed by atoms with van der Waals surface area (Å²) in [5.74, 6) is 0. The number of anilines is 1. The Morgan fingerprint density at radius 3 is 2.10 bits per heavy atom. The van der Waals surface area contributed by atoms with Crippen LogP contribution in [0.3, 0.4) is 0 Å². The molecule has 2 aromatic rings. The number of azo groups is 1. The lowest BCUT2D eigenvalue weighted by molar-refractivity contribution is 0.483. The molecule has 104 valence electrons. The predicted octanol–water partition coefficient (Wildman–Crippen LogP) is 3.69. The fourth-order valence-electron chi connectivity index (χ4n) is 1.38.